The van der Waals surface area contributed by atoms with E-state index in [-0.39, 0.29) is 17.0 Å². The molecule has 1 aromatic rings. The highest BCUT2D eigenvalue weighted by molar-refractivity contribution is 5.77. The minimum absolute atomic E-state index is 0.0102. The van der Waals surface area contributed by atoms with E-state index in [0.29, 0.717) is 18.7 Å². The molecule has 0 fully saturated rings. The van der Waals surface area contributed by atoms with E-state index in [2.05, 4.69) is 10.6 Å². The third kappa shape index (κ3) is 5.38. The molecule has 19 heavy (non-hydrogen) atoms. The number of nitrogens with zero attached hydrogens (tertiary/aromatic N) is 1. The molecule has 0 aliphatic carbocycles. The lowest BCUT2D eigenvalue weighted by molar-refractivity contribution is -0.122. The van der Waals surface area contributed by atoms with Crippen molar-refractivity contribution in [3.05, 3.63) is 29.6 Å². The standard InChI is InChI=1S/C14H18FN3O/c1-14(2,3)18-13(19)6-7-17-11-5-4-10(9-16)12(15)8-11/h4-5,8,17H,6-7H2,1-3H3,(H,18,19). The first kappa shape index (κ1) is 15.0. The SMILES string of the molecule is CC(C)(C)NC(=O)CCNc1ccc(C#N)c(F)c1. The molecule has 0 aliphatic heterocycles. The summed E-state index contributed by atoms with van der Waals surface area (Å²) in [7, 11) is 0. The quantitative estimate of drug-likeness (QED) is 0.876. The predicted octanol–water partition coefficient (Wildman–Crippen LogP) is 2.41. The second-order valence-corrected chi connectivity index (χ2v) is 5.28. The first-order valence-electron chi connectivity index (χ1n) is 6.06. The average Bonchev–Trinajstić information content (AvgIpc) is 2.26. The maximum Gasteiger partial charge on any atom is 0.222 e. The number of nitriles is 1. The summed E-state index contributed by atoms with van der Waals surface area (Å²) in [6.45, 7) is 6.14. The van der Waals surface area contributed by atoms with Gasteiger partial charge in [0.25, 0.3) is 0 Å². The van der Waals surface area contributed by atoms with E-state index >= 15 is 0 Å². The second kappa shape index (κ2) is 6.19. The molecule has 0 aliphatic rings. The average molecular weight is 263 g/mol. The van der Waals surface area contributed by atoms with Crippen LogP contribution < -0.4 is 10.6 Å². The number of rotatable bonds is 4. The monoisotopic (exact) mass is 263 g/mol. The van der Waals surface area contributed by atoms with Gasteiger partial charge in [-0.25, -0.2) is 4.39 Å². The molecule has 1 amide bonds. The second-order valence-electron chi connectivity index (χ2n) is 5.28. The van der Waals surface area contributed by atoms with Crippen LogP contribution in [0.4, 0.5) is 10.1 Å². The van der Waals surface area contributed by atoms with E-state index in [1.165, 1.54) is 12.1 Å². The van der Waals surface area contributed by atoms with Crippen LogP contribution in [-0.2, 0) is 4.79 Å². The molecule has 0 radical (unpaired) electrons. The Morgan fingerprint density at radius 2 is 2.11 bits per heavy atom. The lowest BCUT2D eigenvalue weighted by Crippen LogP contribution is -2.41. The summed E-state index contributed by atoms with van der Waals surface area (Å²) in [5.41, 5.74) is 0.313. The van der Waals surface area contributed by atoms with Crippen LogP contribution in [0.1, 0.15) is 32.8 Å². The Kier molecular flexibility index (Phi) is 4.87. The Hall–Kier alpha value is -2.09. The molecule has 0 heterocycles. The summed E-state index contributed by atoms with van der Waals surface area (Å²) < 4.78 is 13.3. The van der Waals surface area contributed by atoms with Gasteiger partial charge in [-0.3, -0.25) is 4.79 Å². The van der Waals surface area contributed by atoms with Crippen LogP contribution in [0.25, 0.3) is 0 Å². The van der Waals surface area contributed by atoms with Crippen molar-refractivity contribution < 1.29 is 9.18 Å². The number of hydrogen-bond donors (Lipinski definition) is 2. The van der Waals surface area contributed by atoms with Crippen LogP contribution in [-0.4, -0.2) is 18.0 Å². The van der Waals surface area contributed by atoms with Gasteiger partial charge in [0.1, 0.15) is 11.9 Å². The maximum absolute atomic E-state index is 13.3. The lowest BCUT2D eigenvalue weighted by atomic mass is 10.1. The Bertz CT molecular complexity index is 500. The molecule has 4 nitrogen and oxygen atoms in total. The van der Waals surface area contributed by atoms with Crippen LogP contribution in [0.5, 0.6) is 0 Å². The smallest absolute Gasteiger partial charge is 0.222 e. The molecular formula is C14H18FN3O. The fraction of sp³-hybridized carbons (Fsp3) is 0.429. The largest absolute Gasteiger partial charge is 0.384 e. The Morgan fingerprint density at radius 3 is 2.63 bits per heavy atom. The minimum Gasteiger partial charge on any atom is -0.384 e. The first-order chi connectivity index (χ1) is 8.81. The van der Waals surface area contributed by atoms with Gasteiger partial charge in [0.05, 0.1) is 5.56 Å². The lowest BCUT2D eigenvalue weighted by Gasteiger charge is -2.20. The fourth-order valence-electron chi connectivity index (χ4n) is 1.52. The van der Waals surface area contributed by atoms with Gasteiger partial charge in [0.15, 0.2) is 0 Å². The molecule has 0 spiro atoms. The van der Waals surface area contributed by atoms with Gasteiger partial charge in [-0.2, -0.15) is 5.26 Å². The minimum atomic E-state index is -0.563. The van der Waals surface area contributed by atoms with Crippen molar-refractivity contribution in [3.8, 4) is 6.07 Å². The highest BCUT2D eigenvalue weighted by Crippen LogP contribution is 2.13. The fourth-order valence-corrected chi connectivity index (χ4v) is 1.52. The van der Waals surface area contributed by atoms with Crippen LogP contribution in [0.2, 0.25) is 0 Å². The molecule has 0 bridgehead atoms. The van der Waals surface area contributed by atoms with Gasteiger partial charge in [0.2, 0.25) is 5.91 Å². The Balaban J connectivity index is 2.44. The van der Waals surface area contributed by atoms with Crippen molar-refractivity contribution in [1.82, 2.24) is 5.32 Å². The number of amides is 1. The van der Waals surface area contributed by atoms with Crippen LogP contribution >= 0.6 is 0 Å². The first-order valence-corrected chi connectivity index (χ1v) is 6.06. The Labute approximate surface area is 112 Å². The number of anilines is 1. The van der Waals surface area contributed by atoms with Gasteiger partial charge in [-0.15, -0.1) is 0 Å². The van der Waals surface area contributed by atoms with Crippen molar-refractivity contribution in [2.75, 3.05) is 11.9 Å². The molecule has 1 rings (SSSR count). The zero-order valence-electron chi connectivity index (χ0n) is 11.4. The highest BCUT2D eigenvalue weighted by Gasteiger charge is 2.13. The summed E-state index contributed by atoms with van der Waals surface area (Å²) in [6.07, 6.45) is 0.304. The van der Waals surface area contributed by atoms with Crippen molar-refractivity contribution in [2.45, 2.75) is 32.7 Å². The van der Waals surface area contributed by atoms with Gasteiger partial charge in [-0.1, -0.05) is 0 Å². The molecule has 5 heteroatoms. The molecule has 0 aromatic heterocycles. The number of carbonyl (C=O) groups is 1. The van der Waals surface area contributed by atoms with Gasteiger partial charge in [0, 0.05) is 24.2 Å². The normalized spacial score (nSPS) is 10.7. The molecule has 1 aromatic carbocycles. The van der Waals surface area contributed by atoms with Crippen molar-refractivity contribution in [1.29, 1.82) is 5.26 Å². The van der Waals surface area contributed by atoms with Crippen molar-refractivity contribution in [2.24, 2.45) is 0 Å². The maximum atomic E-state index is 13.3. The zero-order chi connectivity index (χ0) is 14.5. The number of hydrogen-bond acceptors (Lipinski definition) is 3. The highest BCUT2D eigenvalue weighted by atomic mass is 19.1. The molecule has 2 N–H and O–H groups in total. The van der Waals surface area contributed by atoms with Gasteiger partial charge < -0.3 is 10.6 Å². The van der Waals surface area contributed by atoms with Gasteiger partial charge >= 0.3 is 0 Å². The van der Waals surface area contributed by atoms with Crippen LogP contribution in [0.15, 0.2) is 18.2 Å². The summed E-state index contributed by atoms with van der Waals surface area (Å²) in [5.74, 6) is -0.624. The summed E-state index contributed by atoms with van der Waals surface area (Å²) in [5, 5.41) is 14.4. The summed E-state index contributed by atoms with van der Waals surface area (Å²) >= 11 is 0. The van der Waals surface area contributed by atoms with E-state index < -0.39 is 5.82 Å². The Morgan fingerprint density at radius 1 is 1.42 bits per heavy atom. The van der Waals surface area contributed by atoms with Crippen molar-refractivity contribution >= 4 is 11.6 Å². The van der Waals surface area contributed by atoms with E-state index in [1.54, 1.807) is 12.1 Å². The van der Waals surface area contributed by atoms with E-state index in [0.717, 1.165) is 0 Å². The topological polar surface area (TPSA) is 64.9 Å². The summed E-state index contributed by atoms with van der Waals surface area (Å²) in [4.78, 5) is 11.5. The number of benzene rings is 1. The van der Waals surface area contributed by atoms with E-state index in [1.807, 2.05) is 20.8 Å². The van der Waals surface area contributed by atoms with Crippen molar-refractivity contribution in [3.63, 3.8) is 0 Å². The third-order valence-corrected chi connectivity index (χ3v) is 2.29. The predicted molar refractivity (Wildman–Crippen MR) is 72.1 cm³/mol. The molecule has 0 saturated heterocycles. The molecule has 102 valence electrons. The number of carbonyl (C=O) groups excluding carboxylic acids is 1. The molecule has 0 atom stereocenters. The van der Waals surface area contributed by atoms with E-state index in [9.17, 15) is 9.18 Å². The van der Waals surface area contributed by atoms with Crippen LogP contribution in [0, 0.1) is 17.1 Å². The number of nitrogens with one attached hydrogen (secondary N) is 2. The summed E-state index contributed by atoms with van der Waals surface area (Å²) in [6, 6.07) is 6.03. The third-order valence-electron chi connectivity index (χ3n) is 2.29. The van der Waals surface area contributed by atoms with E-state index in [4.69, 9.17) is 5.26 Å². The van der Waals surface area contributed by atoms with Crippen LogP contribution in [0.3, 0.4) is 0 Å². The zero-order valence-corrected chi connectivity index (χ0v) is 11.4. The number of halogens is 1. The molecule has 0 saturated carbocycles. The van der Waals surface area contributed by atoms with Gasteiger partial charge in [-0.05, 0) is 39.0 Å². The molecule has 0 unspecified atom stereocenters. The molecular weight excluding hydrogens is 245 g/mol.